The second-order valence-electron chi connectivity index (χ2n) is 5.33. The molecule has 1 aromatic heterocycles. The van der Waals surface area contributed by atoms with Crippen LogP contribution in [0.15, 0.2) is 18.2 Å². The molecule has 1 amide bonds. The van der Waals surface area contributed by atoms with Crippen LogP contribution in [-0.2, 0) is 11.2 Å². The maximum atomic E-state index is 12.7. The quantitative estimate of drug-likeness (QED) is 0.760. The molecule has 0 saturated heterocycles. The molecule has 6 nitrogen and oxygen atoms in total. The highest BCUT2D eigenvalue weighted by molar-refractivity contribution is 6.32. The van der Waals surface area contributed by atoms with E-state index >= 15 is 0 Å². The number of carbonyl (C=O) groups excluding carboxylic acids is 2. The minimum absolute atomic E-state index is 0.305. The minimum atomic E-state index is -0.470. The van der Waals surface area contributed by atoms with Crippen molar-refractivity contribution in [2.24, 2.45) is 0 Å². The lowest BCUT2D eigenvalue weighted by Gasteiger charge is -2.12. The first kappa shape index (κ1) is 18.9. The zero-order valence-corrected chi connectivity index (χ0v) is 15.4. The molecule has 2 aromatic rings. The van der Waals surface area contributed by atoms with Crippen LogP contribution in [0.1, 0.15) is 46.0 Å². The van der Waals surface area contributed by atoms with Crippen LogP contribution in [0.3, 0.4) is 0 Å². The molecule has 2 rings (SSSR count). The number of aromatic nitrogens is 1. The maximum absolute atomic E-state index is 12.7. The molecule has 0 radical (unpaired) electrons. The Morgan fingerprint density at radius 2 is 2.00 bits per heavy atom. The first-order valence-corrected chi connectivity index (χ1v) is 8.34. The van der Waals surface area contributed by atoms with Crippen LogP contribution in [0, 0.1) is 6.92 Å². The summed E-state index contributed by atoms with van der Waals surface area (Å²) >= 11 is 6.14. The fraction of sp³-hybridized carbons (Fsp3) is 0.333. The number of esters is 1. The summed E-state index contributed by atoms with van der Waals surface area (Å²) in [5, 5.41) is 3.19. The van der Waals surface area contributed by atoms with E-state index < -0.39 is 5.97 Å². The summed E-state index contributed by atoms with van der Waals surface area (Å²) in [5.41, 5.74) is 2.36. The van der Waals surface area contributed by atoms with Crippen LogP contribution < -0.4 is 10.1 Å². The van der Waals surface area contributed by atoms with Gasteiger partial charge in [0, 0.05) is 5.69 Å². The molecule has 0 atom stereocenters. The van der Waals surface area contributed by atoms with Crippen LogP contribution in [0.5, 0.6) is 5.75 Å². The molecular formula is C18H21ClN2O4. The van der Waals surface area contributed by atoms with E-state index in [0.29, 0.717) is 52.0 Å². The number of H-pyrrole nitrogens is 1. The number of amides is 1. The number of hydrogen-bond acceptors (Lipinski definition) is 4. The van der Waals surface area contributed by atoms with Gasteiger partial charge in [-0.2, -0.15) is 0 Å². The van der Waals surface area contributed by atoms with Gasteiger partial charge in [-0.15, -0.1) is 0 Å². The van der Waals surface area contributed by atoms with Gasteiger partial charge in [-0.3, -0.25) is 4.79 Å². The third-order valence-electron chi connectivity index (χ3n) is 3.80. The molecule has 0 aliphatic rings. The van der Waals surface area contributed by atoms with Crippen molar-refractivity contribution in [1.29, 1.82) is 0 Å². The van der Waals surface area contributed by atoms with Crippen molar-refractivity contribution in [2.45, 2.75) is 27.2 Å². The second kappa shape index (κ2) is 8.07. The maximum Gasteiger partial charge on any atom is 0.339 e. The largest absolute Gasteiger partial charge is 0.490 e. The lowest BCUT2D eigenvalue weighted by molar-refractivity contribution is 0.0599. The highest BCUT2D eigenvalue weighted by Crippen LogP contribution is 2.33. The molecule has 0 aliphatic heterocycles. The molecular weight excluding hydrogens is 344 g/mol. The predicted molar refractivity (Wildman–Crippen MR) is 96.8 cm³/mol. The van der Waals surface area contributed by atoms with Crippen molar-refractivity contribution in [3.8, 4) is 5.75 Å². The van der Waals surface area contributed by atoms with Crippen LogP contribution in [-0.4, -0.2) is 30.6 Å². The number of carbonyl (C=O) groups is 2. The Morgan fingerprint density at radius 3 is 2.60 bits per heavy atom. The molecule has 0 fully saturated rings. The third-order valence-corrected chi connectivity index (χ3v) is 4.10. The van der Waals surface area contributed by atoms with E-state index in [1.54, 1.807) is 25.1 Å². The van der Waals surface area contributed by atoms with Gasteiger partial charge < -0.3 is 19.8 Å². The normalized spacial score (nSPS) is 10.4. The number of aromatic amines is 1. The van der Waals surface area contributed by atoms with E-state index in [9.17, 15) is 9.59 Å². The van der Waals surface area contributed by atoms with Crippen LogP contribution in [0.2, 0.25) is 5.02 Å². The van der Waals surface area contributed by atoms with Crippen molar-refractivity contribution in [3.05, 3.63) is 45.7 Å². The topological polar surface area (TPSA) is 80.4 Å². The lowest BCUT2D eigenvalue weighted by Crippen LogP contribution is -2.15. The molecule has 2 N–H and O–H groups in total. The van der Waals surface area contributed by atoms with Gasteiger partial charge >= 0.3 is 5.97 Å². The second-order valence-corrected chi connectivity index (χ2v) is 5.73. The van der Waals surface area contributed by atoms with E-state index in [4.69, 9.17) is 21.1 Å². The highest BCUT2D eigenvalue weighted by Gasteiger charge is 2.24. The molecule has 0 aliphatic carbocycles. The van der Waals surface area contributed by atoms with E-state index in [1.165, 1.54) is 7.11 Å². The summed E-state index contributed by atoms with van der Waals surface area (Å²) in [6, 6.07) is 5.11. The highest BCUT2D eigenvalue weighted by atomic mass is 35.5. The van der Waals surface area contributed by atoms with Crippen molar-refractivity contribution in [1.82, 2.24) is 4.98 Å². The first-order chi connectivity index (χ1) is 11.9. The van der Waals surface area contributed by atoms with Gasteiger partial charge in [-0.1, -0.05) is 24.6 Å². The standard InChI is InChI=1S/C18H21ClN2O4/c1-5-12-14(18(23)24-4)10(3)15(20-12)17(22)21-13-9-7-8-11(19)16(13)25-6-2/h7-9,20H,5-6H2,1-4H3,(H,21,22). The number of rotatable bonds is 6. The van der Waals surface area contributed by atoms with Gasteiger partial charge in [0.2, 0.25) is 0 Å². The van der Waals surface area contributed by atoms with Gasteiger partial charge in [0.1, 0.15) is 5.69 Å². The zero-order valence-electron chi connectivity index (χ0n) is 14.7. The summed E-state index contributed by atoms with van der Waals surface area (Å²) < 4.78 is 10.3. The summed E-state index contributed by atoms with van der Waals surface area (Å²) in [5.74, 6) is -0.443. The Kier molecular flexibility index (Phi) is 6.09. The Labute approximate surface area is 151 Å². The number of anilines is 1. The first-order valence-electron chi connectivity index (χ1n) is 7.96. The minimum Gasteiger partial charge on any atom is -0.490 e. The summed E-state index contributed by atoms with van der Waals surface area (Å²) in [6.45, 7) is 5.85. The van der Waals surface area contributed by atoms with Crippen LogP contribution in [0.25, 0.3) is 0 Å². The van der Waals surface area contributed by atoms with Crippen LogP contribution in [0.4, 0.5) is 5.69 Å². The molecule has 0 bridgehead atoms. The summed E-state index contributed by atoms with van der Waals surface area (Å²) in [6.07, 6.45) is 0.569. The van der Waals surface area contributed by atoms with E-state index in [-0.39, 0.29) is 5.91 Å². The van der Waals surface area contributed by atoms with Gasteiger partial charge in [0.25, 0.3) is 5.91 Å². The van der Waals surface area contributed by atoms with E-state index in [2.05, 4.69) is 10.3 Å². The van der Waals surface area contributed by atoms with Gasteiger partial charge in [-0.25, -0.2) is 4.79 Å². The monoisotopic (exact) mass is 364 g/mol. The number of aryl methyl sites for hydroxylation is 1. The number of hydrogen-bond donors (Lipinski definition) is 2. The van der Waals surface area contributed by atoms with Crippen molar-refractivity contribution >= 4 is 29.2 Å². The fourth-order valence-corrected chi connectivity index (χ4v) is 2.84. The molecule has 0 saturated carbocycles. The lowest BCUT2D eigenvalue weighted by atomic mass is 10.1. The number of benzene rings is 1. The zero-order chi connectivity index (χ0) is 18.6. The number of nitrogens with one attached hydrogen (secondary N) is 2. The number of halogens is 1. The number of para-hydroxylation sites is 1. The van der Waals surface area contributed by atoms with Crippen molar-refractivity contribution < 1.29 is 19.1 Å². The van der Waals surface area contributed by atoms with Gasteiger partial charge in [0.15, 0.2) is 5.75 Å². The molecule has 1 heterocycles. The Morgan fingerprint density at radius 1 is 1.28 bits per heavy atom. The Balaban J connectivity index is 2.39. The molecule has 134 valence electrons. The van der Waals surface area contributed by atoms with Crippen molar-refractivity contribution in [2.75, 3.05) is 19.0 Å². The van der Waals surface area contributed by atoms with Gasteiger partial charge in [0.05, 0.1) is 30.0 Å². The Bertz CT molecular complexity index is 799. The average molecular weight is 365 g/mol. The number of ether oxygens (including phenoxy) is 2. The SMILES string of the molecule is CCOc1c(Cl)cccc1NC(=O)c1[nH]c(CC)c(C(=O)OC)c1C. The molecule has 0 spiro atoms. The average Bonchev–Trinajstić information content (AvgIpc) is 2.94. The molecule has 1 aromatic carbocycles. The smallest absolute Gasteiger partial charge is 0.339 e. The number of methoxy groups -OCH3 is 1. The van der Waals surface area contributed by atoms with E-state index in [1.807, 2.05) is 13.8 Å². The molecule has 25 heavy (non-hydrogen) atoms. The Hall–Kier alpha value is -2.47. The summed E-state index contributed by atoms with van der Waals surface area (Å²) in [7, 11) is 1.31. The fourth-order valence-electron chi connectivity index (χ4n) is 2.61. The third kappa shape index (κ3) is 3.79. The molecule has 7 heteroatoms. The summed E-state index contributed by atoms with van der Waals surface area (Å²) in [4.78, 5) is 27.7. The van der Waals surface area contributed by atoms with Gasteiger partial charge in [-0.05, 0) is 38.0 Å². The van der Waals surface area contributed by atoms with E-state index in [0.717, 1.165) is 0 Å². The molecule has 0 unspecified atom stereocenters. The van der Waals surface area contributed by atoms with Crippen molar-refractivity contribution in [3.63, 3.8) is 0 Å². The predicted octanol–water partition coefficient (Wildman–Crippen LogP) is 3.98. The van der Waals surface area contributed by atoms with Crippen LogP contribution >= 0.6 is 11.6 Å².